The Hall–Kier alpha value is -1.09. The second-order valence-corrected chi connectivity index (χ2v) is 2.98. The van der Waals surface area contributed by atoms with Crippen LogP contribution >= 0.6 is 0 Å². The van der Waals surface area contributed by atoms with Crippen LogP contribution in [0.3, 0.4) is 0 Å². The number of nitrogens with zero attached hydrogens (tertiary/aromatic N) is 2. The molecule has 2 heterocycles. The number of ether oxygens (including phenoxy) is 1. The second kappa shape index (κ2) is 3.11. The maximum Gasteiger partial charge on any atom is 0.0774 e. The van der Waals surface area contributed by atoms with E-state index >= 15 is 0 Å². The molecule has 1 saturated heterocycles. The van der Waals surface area contributed by atoms with Crippen LogP contribution in [0.15, 0.2) is 19.0 Å². The van der Waals surface area contributed by atoms with Crippen LogP contribution in [-0.4, -0.2) is 23.0 Å². The van der Waals surface area contributed by atoms with Crippen molar-refractivity contribution >= 4 is 6.08 Å². The summed E-state index contributed by atoms with van der Waals surface area (Å²) in [5.74, 6) is 0. The van der Waals surface area contributed by atoms with Gasteiger partial charge in [-0.15, -0.1) is 0 Å². The fourth-order valence-electron chi connectivity index (χ4n) is 1.39. The lowest BCUT2D eigenvalue weighted by Crippen LogP contribution is -2.08. The lowest BCUT2D eigenvalue weighted by molar-refractivity contribution is 0.184. The van der Waals surface area contributed by atoms with Gasteiger partial charge < -0.3 is 4.74 Å². The summed E-state index contributed by atoms with van der Waals surface area (Å²) in [6.45, 7) is 5.33. The molecule has 1 fully saturated rings. The fraction of sp³-hybridized carbons (Fsp3) is 0.444. The largest absolute Gasteiger partial charge is 0.379 e. The summed E-state index contributed by atoms with van der Waals surface area (Å²) in [6, 6.07) is 0.429. The van der Waals surface area contributed by atoms with Crippen LogP contribution in [0.1, 0.15) is 18.0 Å². The van der Waals surface area contributed by atoms with Gasteiger partial charge in [-0.2, -0.15) is 5.10 Å². The SMILES string of the molecule is C=Cc1cnn([C@@H]2CCOC2)c1. The number of hydrogen-bond acceptors (Lipinski definition) is 2. The van der Waals surface area contributed by atoms with E-state index in [1.165, 1.54) is 0 Å². The first-order chi connectivity index (χ1) is 5.90. The highest BCUT2D eigenvalue weighted by atomic mass is 16.5. The average Bonchev–Trinajstić information content (AvgIpc) is 2.75. The zero-order valence-electron chi connectivity index (χ0n) is 6.94. The Labute approximate surface area is 71.6 Å². The minimum Gasteiger partial charge on any atom is -0.379 e. The van der Waals surface area contributed by atoms with E-state index in [0.717, 1.165) is 25.2 Å². The van der Waals surface area contributed by atoms with Crippen LogP contribution in [0.5, 0.6) is 0 Å². The summed E-state index contributed by atoms with van der Waals surface area (Å²) in [5.41, 5.74) is 1.07. The van der Waals surface area contributed by atoms with Gasteiger partial charge in [-0.1, -0.05) is 12.7 Å². The van der Waals surface area contributed by atoms with Gasteiger partial charge in [-0.25, -0.2) is 0 Å². The third-order valence-corrected chi connectivity index (χ3v) is 2.14. The van der Waals surface area contributed by atoms with Crippen molar-refractivity contribution in [2.75, 3.05) is 13.2 Å². The Kier molecular flexibility index (Phi) is 1.96. The van der Waals surface area contributed by atoms with Gasteiger partial charge in [0.15, 0.2) is 0 Å². The molecule has 0 amide bonds. The van der Waals surface area contributed by atoms with Gasteiger partial charge in [0.1, 0.15) is 0 Å². The van der Waals surface area contributed by atoms with E-state index in [4.69, 9.17) is 4.74 Å². The van der Waals surface area contributed by atoms with Gasteiger partial charge in [-0.05, 0) is 6.42 Å². The van der Waals surface area contributed by atoms with Gasteiger partial charge in [0, 0.05) is 18.4 Å². The molecule has 1 aromatic heterocycles. The van der Waals surface area contributed by atoms with E-state index in [0.29, 0.717) is 6.04 Å². The molecule has 0 radical (unpaired) electrons. The van der Waals surface area contributed by atoms with E-state index in [1.807, 2.05) is 17.1 Å². The minimum atomic E-state index is 0.429. The van der Waals surface area contributed by atoms with Crippen LogP contribution in [0.2, 0.25) is 0 Å². The van der Waals surface area contributed by atoms with E-state index < -0.39 is 0 Å². The molecule has 0 unspecified atom stereocenters. The summed E-state index contributed by atoms with van der Waals surface area (Å²) < 4.78 is 7.23. The van der Waals surface area contributed by atoms with Crippen LogP contribution in [0.25, 0.3) is 6.08 Å². The molecule has 0 bridgehead atoms. The predicted octanol–water partition coefficient (Wildman–Crippen LogP) is 1.49. The molecule has 0 N–H and O–H groups in total. The van der Waals surface area contributed by atoms with Crippen LogP contribution < -0.4 is 0 Å². The maximum atomic E-state index is 5.27. The molecule has 1 aliphatic rings. The van der Waals surface area contributed by atoms with Crippen molar-refractivity contribution in [1.29, 1.82) is 0 Å². The average molecular weight is 164 g/mol. The van der Waals surface area contributed by atoms with Crippen molar-refractivity contribution in [2.45, 2.75) is 12.5 Å². The molecule has 3 nitrogen and oxygen atoms in total. The van der Waals surface area contributed by atoms with Gasteiger partial charge in [-0.3, -0.25) is 4.68 Å². The molecule has 0 aliphatic carbocycles. The van der Waals surface area contributed by atoms with Crippen molar-refractivity contribution in [3.05, 3.63) is 24.5 Å². The Morgan fingerprint density at radius 2 is 2.67 bits per heavy atom. The molecular formula is C9H12N2O. The first-order valence-electron chi connectivity index (χ1n) is 4.14. The summed E-state index contributed by atoms with van der Waals surface area (Å²) in [7, 11) is 0. The highest BCUT2D eigenvalue weighted by molar-refractivity contribution is 5.43. The monoisotopic (exact) mass is 164 g/mol. The number of hydrogen-bond donors (Lipinski definition) is 0. The van der Waals surface area contributed by atoms with Crippen molar-refractivity contribution in [3.63, 3.8) is 0 Å². The van der Waals surface area contributed by atoms with Crippen LogP contribution in [0.4, 0.5) is 0 Å². The van der Waals surface area contributed by atoms with Crippen molar-refractivity contribution < 1.29 is 4.74 Å². The van der Waals surface area contributed by atoms with Crippen molar-refractivity contribution in [1.82, 2.24) is 9.78 Å². The zero-order valence-corrected chi connectivity index (χ0v) is 6.94. The van der Waals surface area contributed by atoms with Crippen LogP contribution in [0, 0.1) is 0 Å². The lowest BCUT2D eigenvalue weighted by Gasteiger charge is -2.06. The van der Waals surface area contributed by atoms with Gasteiger partial charge in [0.05, 0.1) is 18.8 Å². The number of aromatic nitrogens is 2. The summed E-state index contributed by atoms with van der Waals surface area (Å²) in [6.07, 6.45) is 6.70. The Balaban J connectivity index is 2.16. The molecule has 64 valence electrons. The summed E-state index contributed by atoms with van der Waals surface area (Å²) in [5, 5.41) is 4.23. The van der Waals surface area contributed by atoms with Gasteiger partial charge >= 0.3 is 0 Å². The molecule has 1 atom stereocenters. The molecule has 0 saturated carbocycles. The van der Waals surface area contributed by atoms with E-state index in [2.05, 4.69) is 11.7 Å². The summed E-state index contributed by atoms with van der Waals surface area (Å²) in [4.78, 5) is 0. The third-order valence-electron chi connectivity index (χ3n) is 2.14. The summed E-state index contributed by atoms with van der Waals surface area (Å²) >= 11 is 0. The third kappa shape index (κ3) is 1.28. The highest BCUT2D eigenvalue weighted by Gasteiger charge is 2.17. The standard InChI is InChI=1S/C9H12N2O/c1-2-8-5-10-11(6-8)9-3-4-12-7-9/h2,5-6,9H,1,3-4,7H2/t9-/m1/s1. The second-order valence-electron chi connectivity index (χ2n) is 2.98. The lowest BCUT2D eigenvalue weighted by atomic mass is 10.3. The first-order valence-corrected chi connectivity index (χ1v) is 4.14. The molecule has 1 aromatic rings. The van der Waals surface area contributed by atoms with E-state index in [1.54, 1.807) is 6.08 Å². The Bertz CT molecular complexity index is 274. The van der Waals surface area contributed by atoms with Crippen LogP contribution in [-0.2, 0) is 4.74 Å². The quantitative estimate of drug-likeness (QED) is 0.662. The van der Waals surface area contributed by atoms with Crippen molar-refractivity contribution in [2.24, 2.45) is 0 Å². The molecule has 2 rings (SSSR count). The highest BCUT2D eigenvalue weighted by Crippen LogP contribution is 2.18. The maximum absolute atomic E-state index is 5.27. The zero-order chi connectivity index (χ0) is 8.39. The van der Waals surface area contributed by atoms with Crippen molar-refractivity contribution in [3.8, 4) is 0 Å². The van der Waals surface area contributed by atoms with E-state index in [9.17, 15) is 0 Å². The molecule has 0 aromatic carbocycles. The number of rotatable bonds is 2. The molecule has 3 heteroatoms. The molecule has 0 spiro atoms. The smallest absolute Gasteiger partial charge is 0.0774 e. The van der Waals surface area contributed by atoms with Gasteiger partial charge in [0.25, 0.3) is 0 Å². The minimum absolute atomic E-state index is 0.429. The normalized spacial score (nSPS) is 22.8. The molecular weight excluding hydrogens is 152 g/mol. The van der Waals surface area contributed by atoms with E-state index in [-0.39, 0.29) is 0 Å². The topological polar surface area (TPSA) is 27.1 Å². The molecule has 1 aliphatic heterocycles. The molecule has 12 heavy (non-hydrogen) atoms. The van der Waals surface area contributed by atoms with Gasteiger partial charge in [0.2, 0.25) is 0 Å². The Morgan fingerprint density at radius 3 is 3.25 bits per heavy atom. The Morgan fingerprint density at radius 1 is 1.75 bits per heavy atom. The first kappa shape index (κ1) is 7.55. The fourth-order valence-corrected chi connectivity index (χ4v) is 1.39. The predicted molar refractivity (Wildman–Crippen MR) is 46.8 cm³/mol.